The molecule has 2 aromatic carbocycles. The van der Waals surface area contributed by atoms with E-state index in [0.29, 0.717) is 10.2 Å². The number of benzene rings is 2. The number of hydrogen-bond donors (Lipinski definition) is 2. The van der Waals surface area contributed by atoms with Crippen molar-refractivity contribution in [2.45, 2.75) is 13.8 Å². The maximum atomic E-state index is 12.6. The molecule has 0 radical (unpaired) electrons. The molecule has 0 aliphatic carbocycles. The van der Waals surface area contributed by atoms with Gasteiger partial charge in [0.15, 0.2) is 0 Å². The number of anilines is 1. The summed E-state index contributed by atoms with van der Waals surface area (Å²) < 4.78 is 5.52. The molecule has 3 aromatic rings. The Labute approximate surface area is 169 Å². The Kier molecular flexibility index (Phi) is 6.00. The van der Waals surface area contributed by atoms with Crippen molar-refractivity contribution in [1.29, 1.82) is 0 Å². The van der Waals surface area contributed by atoms with Crippen LogP contribution in [0.3, 0.4) is 0 Å². The van der Waals surface area contributed by atoms with Crippen molar-refractivity contribution in [2.75, 3.05) is 5.32 Å². The summed E-state index contributed by atoms with van der Waals surface area (Å²) >= 11 is 3.33. The van der Waals surface area contributed by atoms with Crippen LogP contribution >= 0.6 is 15.9 Å². The van der Waals surface area contributed by atoms with E-state index in [9.17, 15) is 9.59 Å². The fourth-order valence-electron chi connectivity index (χ4n) is 2.40. The summed E-state index contributed by atoms with van der Waals surface area (Å²) in [6.45, 7) is 4.04. The molecule has 28 heavy (non-hydrogen) atoms. The SMILES string of the molecule is Cc1ccc(C=NNC(=O)c2cc(Br)ccc2NC(=O)c2ccno2)cc1C. The second-order valence-corrected chi connectivity index (χ2v) is 6.98. The van der Waals surface area contributed by atoms with Crippen molar-refractivity contribution in [2.24, 2.45) is 5.10 Å². The lowest BCUT2D eigenvalue weighted by atomic mass is 10.1. The molecule has 3 rings (SSSR count). The second-order valence-electron chi connectivity index (χ2n) is 6.06. The van der Waals surface area contributed by atoms with Crippen molar-refractivity contribution < 1.29 is 14.1 Å². The van der Waals surface area contributed by atoms with E-state index in [1.165, 1.54) is 17.8 Å². The van der Waals surface area contributed by atoms with Gasteiger partial charge in [0.05, 0.1) is 23.7 Å². The minimum atomic E-state index is -0.507. The molecule has 7 nitrogen and oxygen atoms in total. The van der Waals surface area contributed by atoms with Gasteiger partial charge in [0, 0.05) is 10.5 Å². The third-order valence-corrected chi connectivity index (χ3v) is 4.54. The zero-order valence-corrected chi connectivity index (χ0v) is 16.8. The number of halogens is 1. The topological polar surface area (TPSA) is 96.6 Å². The third-order valence-electron chi connectivity index (χ3n) is 4.05. The minimum Gasteiger partial charge on any atom is -0.351 e. The number of rotatable bonds is 5. The average Bonchev–Trinajstić information content (AvgIpc) is 3.21. The molecule has 0 fully saturated rings. The maximum Gasteiger partial charge on any atom is 0.294 e. The Bertz CT molecular complexity index is 1050. The van der Waals surface area contributed by atoms with Crippen LogP contribution in [0, 0.1) is 13.8 Å². The summed E-state index contributed by atoms with van der Waals surface area (Å²) in [5.41, 5.74) is 6.25. The zero-order valence-electron chi connectivity index (χ0n) is 15.2. The Morgan fingerprint density at radius 3 is 2.61 bits per heavy atom. The molecule has 0 saturated carbocycles. The minimum absolute atomic E-state index is 0.0436. The van der Waals surface area contributed by atoms with E-state index in [1.807, 2.05) is 32.0 Å². The van der Waals surface area contributed by atoms with Crippen LogP contribution < -0.4 is 10.7 Å². The Morgan fingerprint density at radius 2 is 1.89 bits per heavy atom. The molecular weight excluding hydrogens is 424 g/mol. The first kappa shape index (κ1) is 19.5. The van der Waals surface area contributed by atoms with Crippen LogP contribution in [0.2, 0.25) is 0 Å². The lowest BCUT2D eigenvalue weighted by Crippen LogP contribution is -2.21. The summed E-state index contributed by atoms with van der Waals surface area (Å²) in [6, 6.07) is 12.2. The van der Waals surface area contributed by atoms with E-state index in [0.717, 1.165) is 11.1 Å². The highest BCUT2D eigenvalue weighted by Crippen LogP contribution is 2.22. The average molecular weight is 441 g/mol. The summed E-state index contributed by atoms with van der Waals surface area (Å²) in [4.78, 5) is 24.7. The molecule has 2 N–H and O–H groups in total. The van der Waals surface area contributed by atoms with Crippen LogP contribution in [-0.2, 0) is 0 Å². The molecule has 0 aliphatic rings. The number of hydrogen-bond acceptors (Lipinski definition) is 5. The van der Waals surface area contributed by atoms with Crippen molar-refractivity contribution in [1.82, 2.24) is 10.6 Å². The molecule has 0 bridgehead atoms. The van der Waals surface area contributed by atoms with Crippen LogP contribution in [0.25, 0.3) is 0 Å². The summed E-state index contributed by atoms with van der Waals surface area (Å²) in [7, 11) is 0. The van der Waals surface area contributed by atoms with Gasteiger partial charge in [0.2, 0.25) is 5.76 Å². The number of aryl methyl sites for hydroxylation is 2. The molecule has 0 saturated heterocycles. The van der Waals surface area contributed by atoms with Crippen LogP contribution in [0.5, 0.6) is 0 Å². The van der Waals surface area contributed by atoms with E-state index >= 15 is 0 Å². The molecule has 0 atom stereocenters. The first-order valence-corrected chi connectivity index (χ1v) is 9.15. The summed E-state index contributed by atoms with van der Waals surface area (Å²) in [5.74, 6) is -0.927. The van der Waals surface area contributed by atoms with Crippen molar-refractivity contribution in [3.05, 3.63) is 81.1 Å². The molecule has 2 amide bonds. The highest BCUT2D eigenvalue weighted by atomic mass is 79.9. The third kappa shape index (κ3) is 4.72. The predicted molar refractivity (Wildman–Crippen MR) is 110 cm³/mol. The van der Waals surface area contributed by atoms with Crippen molar-refractivity contribution in [3.8, 4) is 0 Å². The number of hydrazone groups is 1. The number of carbonyl (C=O) groups is 2. The van der Waals surface area contributed by atoms with Crippen LogP contribution in [0.15, 0.2) is 62.8 Å². The van der Waals surface area contributed by atoms with Gasteiger partial charge >= 0.3 is 0 Å². The Balaban J connectivity index is 1.75. The van der Waals surface area contributed by atoms with Gasteiger partial charge in [-0.25, -0.2) is 5.43 Å². The van der Waals surface area contributed by atoms with Gasteiger partial charge in [-0.1, -0.05) is 39.3 Å². The number of amides is 2. The second kappa shape index (κ2) is 8.62. The number of nitrogens with one attached hydrogen (secondary N) is 2. The quantitative estimate of drug-likeness (QED) is 0.461. The normalized spacial score (nSPS) is 10.8. The van der Waals surface area contributed by atoms with Gasteiger partial charge in [-0.05, 0) is 48.7 Å². The first-order chi connectivity index (χ1) is 13.4. The molecule has 0 spiro atoms. The fourth-order valence-corrected chi connectivity index (χ4v) is 2.76. The van der Waals surface area contributed by atoms with Gasteiger partial charge in [0.1, 0.15) is 0 Å². The van der Waals surface area contributed by atoms with Crippen LogP contribution in [-0.4, -0.2) is 23.2 Å². The van der Waals surface area contributed by atoms with E-state index in [4.69, 9.17) is 4.52 Å². The van der Waals surface area contributed by atoms with E-state index < -0.39 is 11.8 Å². The lowest BCUT2D eigenvalue weighted by molar-refractivity contribution is 0.0956. The fraction of sp³-hybridized carbons (Fsp3) is 0.100. The Hall–Kier alpha value is -3.26. The van der Waals surface area contributed by atoms with Gasteiger partial charge in [-0.15, -0.1) is 0 Å². The highest BCUT2D eigenvalue weighted by molar-refractivity contribution is 9.10. The first-order valence-electron chi connectivity index (χ1n) is 8.36. The number of aromatic nitrogens is 1. The van der Waals surface area contributed by atoms with Crippen molar-refractivity contribution >= 4 is 39.6 Å². The molecule has 0 aliphatic heterocycles. The number of carbonyl (C=O) groups excluding carboxylic acids is 2. The molecule has 0 unspecified atom stereocenters. The number of nitrogens with zero attached hydrogens (tertiary/aromatic N) is 2. The van der Waals surface area contributed by atoms with Gasteiger partial charge in [0.25, 0.3) is 11.8 Å². The van der Waals surface area contributed by atoms with Crippen LogP contribution in [0.4, 0.5) is 5.69 Å². The predicted octanol–water partition coefficient (Wildman–Crippen LogP) is 4.07. The van der Waals surface area contributed by atoms with Gasteiger partial charge in [-0.2, -0.15) is 5.10 Å². The molecule has 1 heterocycles. The summed E-state index contributed by atoms with van der Waals surface area (Å²) in [5, 5.41) is 10.1. The Morgan fingerprint density at radius 1 is 1.07 bits per heavy atom. The molecular formula is C20H17BrN4O3. The maximum absolute atomic E-state index is 12.6. The highest BCUT2D eigenvalue weighted by Gasteiger charge is 2.16. The zero-order chi connectivity index (χ0) is 20.1. The monoisotopic (exact) mass is 440 g/mol. The summed E-state index contributed by atoms with van der Waals surface area (Å²) in [6.07, 6.45) is 2.93. The van der Waals surface area contributed by atoms with Crippen molar-refractivity contribution in [3.63, 3.8) is 0 Å². The molecule has 142 valence electrons. The van der Waals surface area contributed by atoms with Gasteiger partial charge in [-0.3, -0.25) is 9.59 Å². The van der Waals surface area contributed by atoms with E-state index in [1.54, 1.807) is 24.4 Å². The lowest BCUT2D eigenvalue weighted by Gasteiger charge is -2.09. The largest absolute Gasteiger partial charge is 0.351 e. The van der Waals surface area contributed by atoms with E-state index in [2.05, 4.69) is 36.9 Å². The standard InChI is InChI=1S/C20H17BrN4O3/c1-12-3-4-14(9-13(12)2)11-22-25-19(26)16-10-15(21)5-6-17(16)24-20(27)18-7-8-23-28-18/h3-11H,1-2H3,(H,24,27)(H,25,26). The molecule has 1 aromatic heterocycles. The van der Waals surface area contributed by atoms with Crippen LogP contribution in [0.1, 0.15) is 37.6 Å². The smallest absolute Gasteiger partial charge is 0.294 e. The molecule has 8 heteroatoms. The van der Waals surface area contributed by atoms with E-state index in [-0.39, 0.29) is 11.3 Å². The van der Waals surface area contributed by atoms with Gasteiger partial charge < -0.3 is 9.84 Å².